The molecule has 0 aromatic carbocycles. The molecule has 0 radical (unpaired) electrons. The second kappa shape index (κ2) is 7.85. The van der Waals surface area contributed by atoms with Gasteiger partial charge in [-0.3, -0.25) is 9.48 Å². The first-order valence-corrected chi connectivity index (χ1v) is 8.26. The summed E-state index contributed by atoms with van der Waals surface area (Å²) < 4.78 is 111. The van der Waals surface area contributed by atoms with E-state index in [1.54, 1.807) is 0 Å². The van der Waals surface area contributed by atoms with Gasteiger partial charge in [-0.05, 0) is 0 Å². The second-order valence-corrected chi connectivity index (χ2v) is 7.73. The average Bonchev–Trinajstić information content (AvgIpc) is 2.23. The zero-order valence-electron chi connectivity index (χ0n) is 11.9. The van der Waals surface area contributed by atoms with E-state index in [0.717, 1.165) is 9.42 Å². The van der Waals surface area contributed by atoms with E-state index in [1.807, 2.05) is 37.7 Å². The molecule has 16 heteroatoms. The molecule has 7 nitrogen and oxygen atoms in total. The van der Waals surface area contributed by atoms with E-state index in [2.05, 4.69) is 0 Å². The van der Waals surface area contributed by atoms with Gasteiger partial charge in [0.1, 0.15) is 0 Å². The second-order valence-electron chi connectivity index (χ2n) is 3.97. The minimum atomic E-state index is -6.72. The maximum absolute atomic E-state index is 11.4. The van der Waals surface area contributed by atoms with E-state index in [4.69, 9.17) is 11.6 Å². The van der Waals surface area contributed by atoms with Gasteiger partial charge in [0.2, 0.25) is 0 Å². The van der Waals surface area contributed by atoms with Crippen molar-refractivity contribution in [3.05, 3.63) is 4.13 Å². The predicted molar refractivity (Wildman–Crippen MR) is 70.0 cm³/mol. The van der Waals surface area contributed by atoms with Crippen molar-refractivity contribution in [2.24, 2.45) is 0 Å². The molecule has 0 aromatic rings. The molecule has 0 unspecified atom stereocenters. The monoisotopic (exact) mass is 415 g/mol. The molecule has 0 atom stereocenters. The maximum atomic E-state index is 11.4. The molecule has 0 amide bonds. The number of hydrogen-bond acceptors (Lipinski definition) is 4. The van der Waals surface area contributed by atoms with E-state index in [0.29, 0.717) is 0 Å². The molecule has 0 saturated heterocycles. The molecule has 0 aliphatic carbocycles. The third kappa shape index (κ3) is 8.03. The average molecular weight is 416 g/mol. The van der Waals surface area contributed by atoms with Crippen molar-refractivity contribution in [2.45, 2.75) is 11.0 Å². The summed E-state index contributed by atoms with van der Waals surface area (Å²) in [5.74, 6) is 0. The highest BCUT2D eigenvalue weighted by molar-refractivity contribution is 8.13. The smallest absolute Gasteiger partial charge is 0.421 e. The minimum Gasteiger partial charge on any atom is -0.421 e. The van der Waals surface area contributed by atoms with Gasteiger partial charge in [0.25, 0.3) is 0 Å². The maximum Gasteiger partial charge on any atom is 0.480 e. The number of rotatable bonds is 2. The Morgan fingerprint density at radius 3 is 1.26 bits per heavy atom. The highest BCUT2D eigenvalue weighted by atomic mass is 35.5. The van der Waals surface area contributed by atoms with Crippen LogP contribution in [-0.2, 0) is 20.0 Å². The van der Waals surface area contributed by atoms with Crippen molar-refractivity contribution in [3.8, 4) is 0 Å². The number of nitrogens with zero attached hydrogens (tertiary/aromatic N) is 3. The normalized spacial score (nSPS) is 13.0. The Balaban J connectivity index is 0. The van der Waals surface area contributed by atoms with Crippen LogP contribution in [0.1, 0.15) is 0 Å². The van der Waals surface area contributed by atoms with Crippen LogP contribution in [0.4, 0.5) is 26.3 Å². The van der Waals surface area contributed by atoms with Crippen molar-refractivity contribution in [3.63, 3.8) is 0 Å². The summed E-state index contributed by atoms with van der Waals surface area (Å²) >= 11 is 5.72. The molecule has 140 valence electrons. The van der Waals surface area contributed by atoms with Gasteiger partial charge in [-0.2, -0.15) is 26.3 Å². The third-order valence-electron chi connectivity index (χ3n) is 1.52. The predicted octanol–water partition coefficient (Wildman–Crippen LogP) is 1.47. The fourth-order valence-electron chi connectivity index (χ4n) is 0.614. The van der Waals surface area contributed by atoms with Gasteiger partial charge in [0.05, 0.1) is 28.2 Å². The Morgan fingerprint density at radius 1 is 0.913 bits per heavy atom. The summed E-state index contributed by atoms with van der Waals surface area (Å²) in [6.45, 7) is 0. The van der Waals surface area contributed by atoms with Crippen LogP contribution in [0, 0.1) is 0 Å². The number of hydrogen-bond donors (Lipinski definition) is 0. The molecule has 0 aliphatic rings. The summed E-state index contributed by atoms with van der Waals surface area (Å²) in [6.07, 6.45) is 0. The first kappa shape index (κ1) is 24.5. The van der Waals surface area contributed by atoms with Crippen LogP contribution in [0.25, 0.3) is 4.13 Å². The van der Waals surface area contributed by atoms with Crippen LogP contribution in [-0.4, -0.2) is 70.8 Å². The summed E-state index contributed by atoms with van der Waals surface area (Å²) in [4.78, 5) is 1.85. The molecule has 0 saturated carbocycles. The lowest BCUT2D eigenvalue weighted by atomic mass is 10.9. The van der Waals surface area contributed by atoms with Gasteiger partial charge in [0, 0.05) is 11.6 Å². The zero-order chi connectivity index (χ0) is 19.4. The van der Waals surface area contributed by atoms with E-state index in [9.17, 15) is 43.2 Å². The number of sulfonamides is 2. The molecule has 23 heavy (non-hydrogen) atoms. The van der Waals surface area contributed by atoms with Gasteiger partial charge in [0.15, 0.2) is 20.0 Å². The highest BCUT2D eigenvalue weighted by Crippen LogP contribution is 2.36. The number of alkyl halides is 6. The Hall–Kier alpha value is -0.800. The summed E-state index contributed by atoms with van der Waals surface area (Å²) in [6, 6.07) is 0. The van der Waals surface area contributed by atoms with E-state index >= 15 is 0 Å². The van der Waals surface area contributed by atoms with Gasteiger partial charge in [-0.25, -0.2) is 16.8 Å². The lowest BCUT2D eigenvalue weighted by Gasteiger charge is -2.22. The van der Waals surface area contributed by atoms with Gasteiger partial charge in [-0.15, -0.1) is 0 Å². The Kier molecular flexibility index (Phi) is 8.34. The van der Waals surface area contributed by atoms with Crippen LogP contribution >= 0.6 is 11.6 Å². The highest BCUT2D eigenvalue weighted by Gasteiger charge is 2.46. The fraction of sp³-hybridized carbons (Fsp3) is 0.857. The quantitative estimate of drug-likeness (QED) is 0.224. The molecular formula is C7H12ClF6N3O4S2. The van der Waals surface area contributed by atoms with Crippen molar-refractivity contribution in [1.82, 2.24) is 4.90 Å². The molecule has 0 N–H and O–H groups in total. The van der Waals surface area contributed by atoms with Crippen molar-refractivity contribution < 1.29 is 47.8 Å². The van der Waals surface area contributed by atoms with Crippen molar-refractivity contribution >= 4 is 36.9 Å². The Labute approximate surface area is 133 Å². The van der Waals surface area contributed by atoms with Crippen molar-refractivity contribution in [1.29, 1.82) is 0 Å². The number of amidine groups is 1. The van der Waals surface area contributed by atoms with Crippen LogP contribution in [0.3, 0.4) is 0 Å². The molecule has 0 bridgehead atoms. The summed E-state index contributed by atoms with van der Waals surface area (Å²) in [7, 11) is -5.82. The largest absolute Gasteiger partial charge is 0.480 e. The molecule has 0 aromatic heterocycles. The third-order valence-corrected chi connectivity index (χ3v) is 4.94. The molecular weight excluding hydrogens is 404 g/mol. The molecule has 0 spiro atoms. The van der Waals surface area contributed by atoms with E-state index < -0.39 is 31.1 Å². The minimum absolute atomic E-state index is 0.741. The van der Waals surface area contributed by atoms with Crippen LogP contribution in [0.15, 0.2) is 0 Å². The van der Waals surface area contributed by atoms with Crippen LogP contribution in [0.2, 0.25) is 0 Å². The van der Waals surface area contributed by atoms with Crippen molar-refractivity contribution in [2.75, 3.05) is 28.2 Å². The van der Waals surface area contributed by atoms with Gasteiger partial charge < -0.3 is 4.13 Å². The van der Waals surface area contributed by atoms with E-state index in [-0.39, 0.29) is 0 Å². The summed E-state index contributed by atoms with van der Waals surface area (Å²) in [5.41, 5.74) is -12.4. The molecule has 0 aliphatic heterocycles. The summed E-state index contributed by atoms with van der Waals surface area (Å²) in [5, 5.41) is 0.741. The topological polar surface area (TPSA) is 88.6 Å². The van der Waals surface area contributed by atoms with Crippen LogP contribution < -0.4 is 0 Å². The van der Waals surface area contributed by atoms with Gasteiger partial charge >= 0.3 is 16.3 Å². The van der Waals surface area contributed by atoms with E-state index in [1.165, 1.54) is 0 Å². The lowest BCUT2D eigenvalue weighted by molar-refractivity contribution is -0.466. The van der Waals surface area contributed by atoms with Gasteiger partial charge in [-0.1, -0.05) is 0 Å². The molecule has 0 heterocycles. The zero-order valence-corrected chi connectivity index (χ0v) is 14.3. The number of halogens is 7. The first-order chi connectivity index (χ1) is 9.76. The van der Waals surface area contributed by atoms with Crippen LogP contribution in [0.5, 0.6) is 0 Å². The SMILES string of the molecule is CN(C)C(Cl)=[N+](C)C.O=S(=O)([N-]S(=O)(=O)C(F)(F)F)C(F)(F)F. The Bertz CT molecular complexity index is 592. The first-order valence-electron chi connectivity index (χ1n) is 5.00. The fourth-order valence-corrected chi connectivity index (χ4v) is 2.32. The molecule has 0 fully saturated rings. The molecule has 0 rings (SSSR count). The lowest BCUT2D eigenvalue weighted by Crippen LogP contribution is -2.30. The standard InChI is InChI=1S/C5H12ClN2.C2F6NO4S2/c1-7(2)5(6)8(3)4;3-1(4,5)14(10,11)9-15(12,13)2(6,7)8/h1-4H3;/q+1;-1. The Morgan fingerprint density at radius 2 is 1.17 bits per heavy atom.